The van der Waals surface area contributed by atoms with Gasteiger partial charge in [-0.05, 0) is 67.8 Å². The maximum absolute atomic E-state index is 14.9. The number of nitrogens with zero attached hydrogens (tertiary/aromatic N) is 4. The van der Waals surface area contributed by atoms with Gasteiger partial charge in [-0.1, -0.05) is 12.1 Å². The van der Waals surface area contributed by atoms with E-state index >= 15 is 0 Å². The molecule has 0 bridgehead atoms. The number of hydrogen-bond donors (Lipinski definition) is 1. The van der Waals surface area contributed by atoms with Crippen molar-refractivity contribution < 1.29 is 35.1 Å². The summed E-state index contributed by atoms with van der Waals surface area (Å²) in [7, 11) is -4.29. The van der Waals surface area contributed by atoms with Crippen molar-refractivity contribution in [3.05, 3.63) is 65.7 Å². The molecule has 5 rings (SSSR count). The fourth-order valence-corrected chi connectivity index (χ4v) is 6.50. The Morgan fingerprint density at radius 3 is 2.60 bits per heavy atom. The van der Waals surface area contributed by atoms with Crippen LogP contribution in [0.1, 0.15) is 43.2 Å². The molecule has 1 fully saturated rings. The first-order chi connectivity index (χ1) is 20.4. The van der Waals surface area contributed by atoms with Crippen molar-refractivity contribution in [2.24, 2.45) is 0 Å². The van der Waals surface area contributed by atoms with E-state index in [1.807, 2.05) is 0 Å². The van der Waals surface area contributed by atoms with Gasteiger partial charge in [-0.25, -0.2) is 27.2 Å². The van der Waals surface area contributed by atoms with E-state index in [1.54, 1.807) is 31.3 Å². The maximum atomic E-state index is 14.9. The smallest absolute Gasteiger partial charge is 0.390 e. The molecule has 0 radical (unpaired) electrons. The lowest BCUT2D eigenvalue weighted by Crippen LogP contribution is -2.28. The molecule has 2 aromatic heterocycles. The molecule has 14 heteroatoms. The van der Waals surface area contributed by atoms with E-state index in [4.69, 9.17) is 4.74 Å². The van der Waals surface area contributed by atoms with E-state index in [2.05, 4.69) is 25.5 Å². The van der Waals surface area contributed by atoms with Gasteiger partial charge in [0.05, 0.1) is 35.4 Å². The Bertz CT molecular complexity index is 1740. The fourth-order valence-electron chi connectivity index (χ4n) is 5.08. The Kier molecular flexibility index (Phi) is 8.76. The number of rotatable bonds is 9. The number of fused-ring (bicyclic) bond motifs is 1. The molecule has 228 valence electrons. The molecular weight excluding hydrogens is 593 g/mol. The summed E-state index contributed by atoms with van der Waals surface area (Å²) in [6.45, 7) is 1.73. The van der Waals surface area contributed by atoms with Crippen LogP contribution in [0.15, 0.2) is 48.8 Å². The van der Waals surface area contributed by atoms with Crippen LogP contribution < -0.4 is 10.1 Å². The zero-order valence-electron chi connectivity index (χ0n) is 23.0. The van der Waals surface area contributed by atoms with E-state index < -0.39 is 45.9 Å². The molecule has 2 aromatic carbocycles. The van der Waals surface area contributed by atoms with Gasteiger partial charge in [0, 0.05) is 23.2 Å². The first-order valence-electron chi connectivity index (χ1n) is 13.6. The van der Waals surface area contributed by atoms with Crippen LogP contribution in [0.4, 0.5) is 27.9 Å². The van der Waals surface area contributed by atoms with Crippen molar-refractivity contribution in [2.75, 3.05) is 11.1 Å². The van der Waals surface area contributed by atoms with E-state index in [0.29, 0.717) is 41.0 Å². The standard InChI is InChI=1S/C29H28F5N5O3S/c1-17-5-6-20-21(7-8-24(31)23(20)16-43(40,41)14-11-29(32,33)34)26(17)42-27-22(9-13-36-39-27)25-10-12-35-28(38-25)37-19-4-2-3-18(30)15-19/h5-10,12-13,18-19H,2-4,11,14-16H2,1H3,(H,35,37,38)/t18-,19-/m1/s1. The number of hydrogen-bond acceptors (Lipinski definition) is 8. The van der Waals surface area contributed by atoms with Gasteiger partial charge in [0.1, 0.15) is 17.7 Å². The van der Waals surface area contributed by atoms with E-state index in [-0.39, 0.29) is 28.6 Å². The van der Waals surface area contributed by atoms with Crippen LogP contribution in [0, 0.1) is 12.7 Å². The molecule has 1 aliphatic rings. The van der Waals surface area contributed by atoms with Gasteiger partial charge in [0.2, 0.25) is 11.8 Å². The predicted octanol–water partition coefficient (Wildman–Crippen LogP) is 6.89. The second-order valence-corrected chi connectivity index (χ2v) is 12.7. The van der Waals surface area contributed by atoms with E-state index in [1.165, 1.54) is 18.3 Å². The topological polar surface area (TPSA) is 107 Å². The number of ether oxygens (including phenoxy) is 1. The Hall–Kier alpha value is -3.94. The molecule has 43 heavy (non-hydrogen) atoms. The Morgan fingerprint density at radius 2 is 1.84 bits per heavy atom. The van der Waals surface area contributed by atoms with Crippen LogP contribution in [0.25, 0.3) is 22.0 Å². The van der Waals surface area contributed by atoms with E-state index in [0.717, 1.165) is 18.9 Å². The quantitative estimate of drug-likeness (QED) is 0.202. The summed E-state index contributed by atoms with van der Waals surface area (Å²) in [6, 6.07) is 8.72. The highest BCUT2D eigenvalue weighted by molar-refractivity contribution is 7.90. The van der Waals surface area contributed by atoms with Crippen molar-refractivity contribution >= 4 is 26.6 Å². The number of nitrogens with one attached hydrogen (secondary N) is 1. The van der Waals surface area contributed by atoms with Crippen molar-refractivity contribution in [3.63, 3.8) is 0 Å². The van der Waals surface area contributed by atoms with E-state index in [9.17, 15) is 30.4 Å². The lowest BCUT2D eigenvalue weighted by molar-refractivity contribution is -0.129. The Morgan fingerprint density at radius 1 is 1.05 bits per heavy atom. The highest BCUT2D eigenvalue weighted by Gasteiger charge is 2.31. The minimum Gasteiger partial charge on any atom is -0.436 e. The van der Waals surface area contributed by atoms with Gasteiger partial charge >= 0.3 is 6.18 Å². The summed E-state index contributed by atoms with van der Waals surface area (Å²) in [5.74, 6) is -2.34. The summed E-state index contributed by atoms with van der Waals surface area (Å²) < 4.78 is 98.0. The number of halogens is 5. The molecule has 8 nitrogen and oxygen atoms in total. The van der Waals surface area contributed by atoms with Crippen LogP contribution in [0.5, 0.6) is 11.6 Å². The van der Waals surface area contributed by atoms with Gasteiger partial charge in [0.25, 0.3) is 0 Å². The van der Waals surface area contributed by atoms with Crippen LogP contribution in [0.3, 0.4) is 0 Å². The second kappa shape index (κ2) is 12.3. The van der Waals surface area contributed by atoms with Gasteiger partial charge in [0.15, 0.2) is 9.84 Å². The first kappa shape index (κ1) is 30.5. The lowest BCUT2D eigenvalue weighted by atomic mass is 9.94. The minimum absolute atomic E-state index is 0.0490. The average Bonchev–Trinajstić information content (AvgIpc) is 2.95. The van der Waals surface area contributed by atoms with Crippen molar-refractivity contribution in [1.29, 1.82) is 0 Å². The lowest BCUT2D eigenvalue weighted by Gasteiger charge is -2.25. The average molecular weight is 622 g/mol. The SMILES string of the molecule is Cc1ccc2c(CS(=O)(=O)CCC(F)(F)F)c(F)ccc2c1Oc1nnccc1-c1ccnc(N[C@@H]2CCC[C@@H](F)C2)n1. The maximum Gasteiger partial charge on any atom is 0.390 e. The summed E-state index contributed by atoms with van der Waals surface area (Å²) in [4.78, 5) is 8.82. The molecule has 0 saturated heterocycles. The van der Waals surface area contributed by atoms with Crippen molar-refractivity contribution in [1.82, 2.24) is 20.2 Å². The largest absolute Gasteiger partial charge is 0.436 e. The van der Waals surface area contributed by atoms with Crippen molar-refractivity contribution in [2.45, 2.75) is 63.2 Å². The molecule has 1 saturated carbocycles. The summed E-state index contributed by atoms with van der Waals surface area (Å²) in [6.07, 6.45) is -1.61. The number of aryl methyl sites for hydroxylation is 1. The molecular formula is C29H28F5N5O3S. The predicted molar refractivity (Wildman–Crippen MR) is 151 cm³/mol. The van der Waals surface area contributed by atoms with Crippen LogP contribution >= 0.6 is 0 Å². The number of benzene rings is 2. The zero-order valence-corrected chi connectivity index (χ0v) is 23.9. The molecule has 0 unspecified atom stereocenters. The number of alkyl halides is 4. The molecule has 0 spiro atoms. The Balaban J connectivity index is 1.47. The van der Waals surface area contributed by atoms with Crippen LogP contribution in [-0.2, 0) is 15.6 Å². The van der Waals surface area contributed by atoms with Crippen LogP contribution in [0.2, 0.25) is 0 Å². The normalized spacial score (nSPS) is 17.6. The highest BCUT2D eigenvalue weighted by Crippen LogP contribution is 2.38. The minimum atomic E-state index is -4.66. The third-order valence-electron chi connectivity index (χ3n) is 7.22. The molecule has 1 aliphatic carbocycles. The Labute approximate surface area is 244 Å². The zero-order chi connectivity index (χ0) is 30.8. The molecule has 2 atom stereocenters. The first-order valence-corrected chi connectivity index (χ1v) is 15.4. The van der Waals surface area contributed by atoms with Crippen LogP contribution in [-0.4, -0.2) is 52.7 Å². The van der Waals surface area contributed by atoms with Crippen molar-refractivity contribution in [3.8, 4) is 22.9 Å². The number of sulfone groups is 1. The third kappa shape index (κ3) is 7.53. The highest BCUT2D eigenvalue weighted by atomic mass is 32.2. The molecule has 4 aromatic rings. The molecule has 2 heterocycles. The summed E-state index contributed by atoms with van der Waals surface area (Å²) in [5.41, 5.74) is 1.23. The van der Waals surface area contributed by atoms with Gasteiger partial charge in [-0.2, -0.15) is 18.3 Å². The molecule has 0 amide bonds. The summed E-state index contributed by atoms with van der Waals surface area (Å²) >= 11 is 0. The van der Waals surface area contributed by atoms with Gasteiger partial charge in [-0.3, -0.25) is 0 Å². The molecule has 1 N–H and O–H groups in total. The number of anilines is 1. The number of aromatic nitrogens is 4. The van der Waals surface area contributed by atoms with Gasteiger partial charge in [-0.15, -0.1) is 5.10 Å². The summed E-state index contributed by atoms with van der Waals surface area (Å²) in [5, 5.41) is 11.7. The second-order valence-electron chi connectivity index (χ2n) is 10.5. The monoisotopic (exact) mass is 621 g/mol. The third-order valence-corrected chi connectivity index (χ3v) is 8.78. The molecule has 0 aliphatic heterocycles. The van der Waals surface area contributed by atoms with Gasteiger partial charge < -0.3 is 10.1 Å². The fraction of sp³-hybridized carbons (Fsp3) is 0.379.